The highest BCUT2D eigenvalue weighted by molar-refractivity contribution is 5.04. The first kappa shape index (κ1) is 9.33. The molecule has 0 aromatic carbocycles. The normalized spacial score (nSPS) is 30.8. The first-order valence-electron chi connectivity index (χ1n) is 4.47. The maximum absolute atomic E-state index is 8.89. The fourth-order valence-electron chi connectivity index (χ4n) is 1.15. The third-order valence-electron chi connectivity index (χ3n) is 2.00. The smallest absolute Gasteiger partial charge is 0.116 e. The Balaban J connectivity index is 2.52. The molecular formula is C10H16O2. The molecule has 1 aliphatic rings. The van der Waals surface area contributed by atoms with E-state index in [1.165, 1.54) is 0 Å². The average Bonchev–Trinajstić information content (AvgIpc) is 2.05. The summed E-state index contributed by atoms with van der Waals surface area (Å²) >= 11 is 0. The van der Waals surface area contributed by atoms with Gasteiger partial charge in [0.05, 0.1) is 12.9 Å². The van der Waals surface area contributed by atoms with Crippen molar-refractivity contribution in [2.45, 2.75) is 32.3 Å². The lowest BCUT2D eigenvalue weighted by atomic mass is 10.1. The van der Waals surface area contributed by atoms with E-state index in [2.05, 4.69) is 19.1 Å². The van der Waals surface area contributed by atoms with Gasteiger partial charge in [-0.2, -0.15) is 0 Å². The number of ether oxygens (including phenoxy) is 1. The van der Waals surface area contributed by atoms with Gasteiger partial charge in [0.25, 0.3) is 0 Å². The molecule has 1 aliphatic heterocycles. The Kier molecular flexibility index (Phi) is 3.88. The maximum atomic E-state index is 8.89. The third kappa shape index (κ3) is 2.70. The molecule has 0 bridgehead atoms. The second-order valence-corrected chi connectivity index (χ2v) is 2.98. The number of allylic oxidation sites excluding steroid dienone is 1. The van der Waals surface area contributed by atoms with Crippen molar-refractivity contribution < 1.29 is 9.84 Å². The Hall–Kier alpha value is -0.760. The van der Waals surface area contributed by atoms with Crippen LogP contribution in [-0.2, 0) is 4.74 Å². The summed E-state index contributed by atoms with van der Waals surface area (Å²) in [6.07, 6.45) is 8.99. The number of aliphatic hydroxyl groups is 1. The van der Waals surface area contributed by atoms with E-state index < -0.39 is 0 Å². The lowest BCUT2D eigenvalue weighted by molar-refractivity contribution is 0.174. The van der Waals surface area contributed by atoms with Crippen molar-refractivity contribution in [3.8, 4) is 0 Å². The number of hydrogen-bond acceptors (Lipinski definition) is 2. The minimum absolute atomic E-state index is 0.115. The number of hydrogen-bond donors (Lipinski definition) is 1. The van der Waals surface area contributed by atoms with Crippen LogP contribution in [0.2, 0.25) is 0 Å². The van der Waals surface area contributed by atoms with Gasteiger partial charge < -0.3 is 9.84 Å². The van der Waals surface area contributed by atoms with Gasteiger partial charge in [0.2, 0.25) is 0 Å². The SMILES string of the molecule is CC[C@@H]1/C=C\CC/C(CO)=C\O1. The van der Waals surface area contributed by atoms with Crippen LogP contribution in [-0.4, -0.2) is 17.8 Å². The quantitative estimate of drug-likeness (QED) is 0.639. The lowest BCUT2D eigenvalue weighted by Gasteiger charge is -2.14. The van der Waals surface area contributed by atoms with E-state index in [0.717, 1.165) is 24.8 Å². The lowest BCUT2D eigenvalue weighted by Crippen LogP contribution is -2.07. The van der Waals surface area contributed by atoms with Gasteiger partial charge in [-0.3, -0.25) is 0 Å². The molecule has 0 aromatic rings. The summed E-state index contributed by atoms with van der Waals surface area (Å²) in [6.45, 7) is 2.20. The maximum Gasteiger partial charge on any atom is 0.116 e. The van der Waals surface area contributed by atoms with Gasteiger partial charge >= 0.3 is 0 Å². The van der Waals surface area contributed by atoms with Crippen LogP contribution in [0.1, 0.15) is 26.2 Å². The van der Waals surface area contributed by atoms with Crippen LogP contribution in [0, 0.1) is 0 Å². The van der Waals surface area contributed by atoms with Crippen molar-refractivity contribution in [2.75, 3.05) is 6.61 Å². The van der Waals surface area contributed by atoms with Crippen molar-refractivity contribution >= 4 is 0 Å². The van der Waals surface area contributed by atoms with Crippen LogP contribution < -0.4 is 0 Å². The van der Waals surface area contributed by atoms with Crippen molar-refractivity contribution in [3.05, 3.63) is 24.0 Å². The Morgan fingerprint density at radius 2 is 2.50 bits per heavy atom. The molecule has 1 rings (SSSR count). The van der Waals surface area contributed by atoms with Gasteiger partial charge in [-0.15, -0.1) is 0 Å². The van der Waals surface area contributed by atoms with Crippen LogP contribution in [0.25, 0.3) is 0 Å². The first-order valence-corrected chi connectivity index (χ1v) is 4.47. The Morgan fingerprint density at radius 3 is 3.17 bits per heavy atom. The Bertz CT molecular complexity index is 182. The predicted molar refractivity (Wildman–Crippen MR) is 48.7 cm³/mol. The summed E-state index contributed by atoms with van der Waals surface area (Å²) in [4.78, 5) is 0. The first-order chi connectivity index (χ1) is 5.86. The molecule has 0 aliphatic carbocycles. The molecule has 1 N–H and O–H groups in total. The molecule has 0 unspecified atom stereocenters. The highest BCUT2D eigenvalue weighted by Gasteiger charge is 2.04. The van der Waals surface area contributed by atoms with Gasteiger partial charge in [0.1, 0.15) is 6.10 Å². The molecule has 0 radical (unpaired) electrons. The zero-order chi connectivity index (χ0) is 8.81. The molecule has 0 spiro atoms. The highest BCUT2D eigenvalue weighted by atomic mass is 16.5. The molecule has 12 heavy (non-hydrogen) atoms. The minimum atomic E-state index is 0.115. The summed E-state index contributed by atoms with van der Waals surface area (Å²) in [5, 5.41) is 8.89. The molecular weight excluding hydrogens is 152 g/mol. The highest BCUT2D eigenvalue weighted by Crippen LogP contribution is 2.12. The molecule has 2 heteroatoms. The van der Waals surface area contributed by atoms with E-state index >= 15 is 0 Å². The summed E-state index contributed by atoms with van der Waals surface area (Å²) in [5.41, 5.74) is 0.984. The fourth-order valence-corrected chi connectivity index (χ4v) is 1.15. The van der Waals surface area contributed by atoms with Crippen molar-refractivity contribution in [1.82, 2.24) is 0 Å². The zero-order valence-electron chi connectivity index (χ0n) is 7.49. The Labute approximate surface area is 73.5 Å². The molecule has 2 nitrogen and oxygen atoms in total. The standard InChI is InChI=1S/C10H16O2/c1-2-10-6-4-3-5-9(7-11)8-12-10/h4,6,8,10-11H,2-3,5,7H2,1H3/b6-4-,9-8+/t10-/m1/s1. The number of aliphatic hydroxyl groups excluding tert-OH is 1. The van der Waals surface area contributed by atoms with Crippen LogP contribution >= 0.6 is 0 Å². The van der Waals surface area contributed by atoms with Crippen LogP contribution in [0.4, 0.5) is 0 Å². The van der Waals surface area contributed by atoms with Crippen LogP contribution in [0.3, 0.4) is 0 Å². The van der Waals surface area contributed by atoms with E-state index in [4.69, 9.17) is 9.84 Å². The monoisotopic (exact) mass is 168 g/mol. The Morgan fingerprint density at radius 1 is 1.67 bits per heavy atom. The van der Waals surface area contributed by atoms with E-state index in [0.29, 0.717) is 0 Å². The predicted octanol–water partition coefficient (Wildman–Crippen LogP) is 2.01. The number of rotatable bonds is 2. The molecule has 1 atom stereocenters. The minimum Gasteiger partial charge on any atom is -0.494 e. The molecule has 0 aromatic heterocycles. The van der Waals surface area contributed by atoms with Crippen molar-refractivity contribution in [3.63, 3.8) is 0 Å². The van der Waals surface area contributed by atoms with E-state index in [1.807, 2.05) is 0 Å². The second-order valence-electron chi connectivity index (χ2n) is 2.98. The zero-order valence-corrected chi connectivity index (χ0v) is 7.49. The van der Waals surface area contributed by atoms with E-state index in [9.17, 15) is 0 Å². The van der Waals surface area contributed by atoms with E-state index in [-0.39, 0.29) is 12.7 Å². The van der Waals surface area contributed by atoms with Gasteiger partial charge in [-0.05, 0) is 30.9 Å². The van der Waals surface area contributed by atoms with Gasteiger partial charge in [-0.25, -0.2) is 0 Å². The molecule has 0 saturated carbocycles. The average molecular weight is 168 g/mol. The van der Waals surface area contributed by atoms with Gasteiger partial charge in [-0.1, -0.05) is 13.0 Å². The summed E-state index contributed by atoms with van der Waals surface area (Å²) in [5.74, 6) is 0. The van der Waals surface area contributed by atoms with Crippen molar-refractivity contribution in [2.24, 2.45) is 0 Å². The molecule has 0 saturated heterocycles. The van der Waals surface area contributed by atoms with Crippen LogP contribution in [0.5, 0.6) is 0 Å². The van der Waals surface area contributed by atoms with Gasteiger partial charge in [0, 0.05) is 0 Å². The second kappa shape index (κ2) is 4.99. The molecule has 1 heterocycles. The molecule has 68 valence electrons. The fraction of sp³-hybridized carbons (Fsp3) is 0.600. The third-order valence-corrected chi connectivity index (χ3v) is 2.00. The largest absolute Gasteiger partial charge is 0.494 e. The van der Waals surface area contributed by atoms with Gasteiger partial charge in [0.15, 0.2) is 0 Å². The van der Waals surface area contributed by atoms with Crippen molar-refractivity contribution in [1.29, 1.82) is 0 Å². The topological polar surface area (TPSA) is 29.5 Å². The van der Waals surface area contributed by atoms with E-state index in [1.54, 1.807) is 6.26 Å². The molecule has 0 fully saturated rings. The summed E-state index contributed by atoms with van der Waals surface area (Å²) < 4.78 is 5.43. The molecule has 0 amide bonds. The van der Waals surface area contributed by atoms with Crippen LogP contribution in [0.15, 0.2) is 24.0 Å². The summed E-state index contributed by atoms with van der Waals surface area (Å²) in [7, 11) is 0. The summed E-state index contributed by atoms with van der Waals surface area (Å²) in [6, 6.07) is 0.